The number of carbonyl (C=O) groups is 1. The van der Waals surface area contributed by atoms with Crippen LogP contribution in [0.2, 0.25) is 0 Å². The van der Waals surface area contributed by atoms with E-state index in [2.05, 4.69) is 15.5 Å². The monoisotopic (exact) mass is 402 g/mol. The molecule has 0 aliphatic carbocycles. The van der Waals surface area contributed by atoms with Gasteiger partial charge in [0.2, 0.25) is 11.7 Å². The first-order chi connectivity index (χ1) is 14.1. The van der Waals surface area contributed by atoms with Gasteiger partial charge in [0.05, 0.1) is 13.2 Å². The number of anilines is 1. The van der Waals surface area contributed by atoms with Gasteiger partial charge in [-0.15, -0.1) is 0 Å². The van der Waals surface area contributed by atoms with Crippen molar-refractivity contribution < 1.29 is 18.8 Å². The number of carbonyl (C=O) groups excluding carboxylic acids is 1. The van der Waals surface area contributed by atoms with Crippen LogP contribution in [0.4, 0.5) is 6.01 Å². The number of piperidine rings is 1. The Hall–Kier alpha value is -2.61. The van der Waals surface area contributed by atoms with E-state index in [9.17, 15) is 4.79 Å². The van der Waals surface area contributed by atoms with Gasteiger partial charge in [-0.25, -0.2) is 0 Å². The highest BCUT2D eigenvalue weighted by atomic mass is 16.5. The Morgan fingerprint density at radius 2 is 2.00 bits per heavy atom. The maximum Gasteiger partial charge on any atom is 0.324 e. The molecule has 158 valence electrons. The molecule has 0 spiro atoms. The number of methoxy groups -OCH3 is 1. The summed E-state index contributed by atoms with van der Waals surface area (Å²) in [6, 6.07) is 8.03. The van der Waals surface area contributed by atoms with Crippen molar-refractivity contribution in [2.45, 2.75) is 39.2 Å². The van der Waals surface area contributed by atoms with E-state index in [0.29, 0.717) is 25.0 Å². The summed E-state index contributed by atoms with van der Waals surface area (Å²) in [7, 11) is 1.63. The van der Waals surface area contributed by atoms with Crippen LogP contribution in [0.1, 0.15) is 33.1 Å². The summed E-state index contributed by atoms with van der Waals surface area (Å²) in [6.07, 6.45) is 2.60. The van der Waals surface area contributed by atoms with Crippen molar-refractivity contribution in [3.63, 3.8) is 0 Å². The molecule has 2 heterocycles. The lowest BCUT2D eigenvalue weighted by molar-refractivity contribution is -0.125. The lowest BCUT2D eigenvalue weighted by Gasteiger charge is -2.29. The maximum atomic E-state index is 12.3. The van der Waals surface area contributed by atoms with Gasteiger partial charge in [0.15, 0.2) is 0 Å². The third kappa shape index (κ3) is 5.93. The minimum absolute atomic E-state index is 0.0289. The second kappa shape index (κ2) is 10.2. The van der Waals surface area contributed by atoms with Gasteiger partial charge < -0.3 is 24.2 Å². The normalized spacial score (nSPS) is 15.0. The molecule has 0 unspecified atom stereocenters. The third-order valence-electron chi connectivity index (χ3n) is 4.97. The summed E-state index contributed by atoms with van der Waals surface area (Å²) < 4.78 is 16.1. The first-order valence-electron chi connectivity index (χ1n) is 10.2. The van der Waals surface area contributed by atoms with Gasteiger partial charge in [-0.3, -0.25) is 4.79 Å². The Kier molecular flexibility index (Phi) is 7.46. The number of aromatic nitrogens is 2. The summed E-state index contributed by atoms with van der Waals surface area (Å²) in [4.78, 5) is 18.9. The zero-order valence-electron chi connectivity index (χ0n) is 17.4. The van der Waals surface area contributed by atoms with Gasteiger partial charge >= 0.3 is 6.01 Å². The fourth-order valence-electron chi connectivity index (χ4n) is 3.28. The Balaban J connectivity index is 1.44. The van der Waals surface area contributed by atoms with E-state index in [0.717, 1.165) is 43.7 Å². The largest absolute Gasteiger partial charge is 0.497 e. The van der Waals surface area contributed by atoms with Crippen LogP contribution in [0.15, 0.2) is 28.8 Å². The number of ether oxygens (including phenoxy) is 2. The first-order valence-corrected chi connectivity index (χ1v) is 10.2. The number of hydrogen-bond acceptors (Lipinski definition) is 7. The number of nitrogens with one attached hydrogen (secondary N) is 1. The smallest absolute Gasteiger partial charge is 0.324 e. The number of rotatable bonds is 9. The second-order valence-corrected chi connectivity index (χ2v) is 7.45. The number of nitrogens with zero attached hydrogens (tertiary/aromatic N) is 3. The van der Waals surface area contributed by atoms with E-state index < -0.39 is 0 Å². The van der Waals surface area contributed by atoms with E-state index >= 15 is 0 Å². The standard InChI is InChI=1S/C21H30N4O4/c1-15(2)28-14-4-11-22-20(26)17-9-12-25(13-10-17)21-23-19(24-29-21)16-5-7-18(27-3)8-6-16/h5-8,15,17H,4,9-14H2,1-3H3,(H,22,26). The zero-order chi connectivity index (χ0) is 20.6. The molecule has 1 N–H and O–H groups in total. The fourth-order valence-corrected chi connectivity index (χ4v) is 3.28. The molecular weight excluding hydrogens is 372 g/mol. The van der Waals surface area contributed by atoms with E-state index in [1.165, 1.54) is 0 Å². The number of benzene rings is 1. The summed E-state index contributed by atoms with van der Waals surface area (Å²) in [5.74, 6) is 1.48. The van der Waals surface area contributed by atoms with Crippen LogP contribution in [0, 0.1) is 5.92 Å². The number of hydrogen-bond donors (Lipinski definition) is 1. The van der Waals surface area contributed by atoms with E-state index in [4.69, 9.17) is 14.0 Å². The Morgan fingerprint density at radius 3 is 2.66 bits per heavy atom. The minimum atomic E-state index is 0.0289. The molecule has 2 aromatic rings. The summed E-state index contributed by atoms with van der Waals surface area (Å²) in [5, 5.41) is 7.10. The minimum Gasteiger partial charge on any atom is -0.497 e. The van der Waals surface area contributed by atoms with Crippen LogP contribution in [-0.2, 0) is 9.53 Å². The molecule has 0 atom stereocenters. The fraction of sp³-hybridized carbons (Fsp3) is 0.571. The van der Waals surface area contributed by atoms with E-state index in [1.54, 1.807) is 7.11 Å². The lowest BCUT2D eigenvalue weighted by Crippen LogP contribution is -2.41. The van der Waals surface area contributed by atoms with Gasteiger partial charge in [-0.1, -0.05) is 5.16 Å². The Morgan fingerprint density at radius 1 is 1.28 bits per heavy atom. The summed E-state index contributed by atoms with van der Waals surface area (Å²) in [5.41, 5.74) is 0.872. The van der Waals surface area contributed by atoms with Crippen LogP contribution in [-0.4, -0.2) is 55.5 Å². The quantitative estimate of drug-likeness (QED) is 0.645. The van der Waals surface area contributed by atoms with Crippen molar-refractivity contribution in [1.82, 2.24) is 15.5 Å². The molecule has 1 aromatic carbocycles. The molecule has 0 bridgehead atoms. The van der Waals surface area contributed by atoms with E-state index in [1.807, 2.05) is 43.0 Å². The van der Waals surface area contributed by atoms with Crippen LogP contribution < -0.4 is 15.0 Å². The van der Waals surface area contributed by atoms with Crippen molar-refractivity contribution in [1.29, 1.82) is 0 Å². The molecule has 8 nitrogen and oxygen atoms in total. The average molecular weight is 402 g/mol. The molecule has 1 saturated heterocycles. The molecule has 3 rings (SSSR count). The van der Waals surface area contributed by atoms with Gasteiger partial charge in [-0.2, -0.15) is 4.98 Å². The Bertz CT molecular complexity index is 767. The SMILES string of the molecule is COc1ccc(-c2noc(N3CCC(C(=O)NCCCOC(C)C)CC3)n2)cc1. The Labute approximate surface area is 171 Å². The predicted octanol–water partition coefficient (Wildman–Crippen LogP) is 2.89. The molecule has 0 saturated carbocycles. The van der Waals surface area contributed by atoms with Crippen molar-refractivity contribution in [2.24, 2.45) is 5.92 Å². The second-order valence-electron chi connectivity index (χ2n) is 7.45. The molecule has 1 fully saturated rings. The van der Waals surface area contributed by atoms with Gasteiger partial charge in [0.1, 0.15) is 5.75 Å². The van der Waals surface area contributed by atoms with Crippen molar-refractivity contribution >= 4 is 11.9 Å². The van der Waals surface area contributed by atoms with Crippen LogP contribution in [0.25, 0.3) is 11.4 Å². The van der Waals surface area contributed by atoms with Crippen LogP contribution in [0.5, 0.6) is 5.75 Å². The molecule has 8 heteroatoms. The van der Waals surface area contributed by atoms with E-state index in [-0.39, 0.29) is 17.9 Å². The first kappa shape index (κ1) is 21.1. The topological polar surface area (TPSA) is 89.7 Å². The molecule has 1 aliphatic heterocycles. The molecule has 1 amide bonds. The van der Waals surface area contributed by atoms with Crippen molar-refractivity contribution in [3.8, 4) is 17.1 Å². The highest BCUT2D eigenvalue weighted by molar-refractivity contribution is 5.78. The molecule has 1 aromatic heterocycles. The van der Waals surface area contributed by atoms with Crippen LogP contribution >= 0.6 is 0 Å². The van der Waals surface area contributed by atoms with Crippen molar-refractivity contribution in [2.75, 3.05) is 38.3 Å². The highest BCUT2D eigenvalue weighted by Crippen LogP contribution is 2.25. The molecule has 1 aliphatic rings. The summed E-state index contributed by atoms with van der Waals surface area (Å²) >= 11 is 0. The van der Waals surface area contributed by atoms with Crippen LogP contribution in [0.3, 0.4) is 0 Å². The van der Waals surface area contributed by atoms with Crippen molar-refractivity contribution in [3.05, 3.63) is 24.3 Å². The molecule has 0 radical (unpaired) electrons. The third-order valence-corrected chi connectivity index (χ3v) is 4.97. The van der Waals surface area contributed by atoms with Gasteiger partial charge in [0.25, 0.3) is 0 Å². The average Bonchev–Trinajstić information content (AvgIpc) is 3.23. The predicted molar refractivity (Wildman–Crippen MR) is 110 cm³/mol. The van der Waals surface area contributed by atoms with Gasteiger partial charge in [-0.05, 0) is 57.4 Å². The lowest BCUT2D eigenvalue weighted by atomic mass is 9.96. The molecular formula is C21H30N4O4. The zero-order valence-corrected chi connectivity index (χ0v) is 17.4. The summed E-state index contributed by atoms with van der Waals surface area (Å²) in [6.45, 7) is 6.79. The highest BCUT2D eigenvalue weighted by Gasteiger charge is 2.27. The molecule has 29 heavy (non-hydrogen) atoms. The number of amides is 1. The van der Waals surface area contributed by atoms with Gasteiger partial charge in [0, 0.05) is 37.7 Å². The maximum absolute atomic E-state index is 12.3.